The molecule has 0 heterocycles. The van der Waals surface area contributed by atoms with Crippen LogP contribution in [0.2, 0.25) is 0 Å². The van der Waals surface area contributed by atoms with E-state index in [1.54, 1.807) is 12.1 Å². The van der Waals surface area contributed by atoms with E-state index < -0.39 is 4.92 Å². The van der Waals surface area contributed by atoms with Crippen LogP contribution in [0.1, 0.15) is 13.8 Å². The third kappa shape index (κ3) is 5.64. The van der Waals surface area contributed by atoms with Gasteiger partial charge in [0.2, 0.25) is 0 Å². The maximum absolute atomic E-state index is 10.1. The lowest BCUT2D eigenvalue weighted by Crippen LogP contribution is -1.93. The summed E-state index contributed by atoms with van der Waals surface area (Å²) in [6.45, 7) is 5.67. The standard InChI is InChI=1S/C6H6N2O2.C4H10O/c7-5-3-1-2-4-6(5)8(9)10;1-3-5-4-2/h1-4H,7H2;3-4H2,1-2H3. The molecular formula is C10H16N2O3. The molecule has 15 heavy (non-hydrogen) atoms. The fraction of sp³-hybridized carbons (Fsp3) is 0.400. The molecule has 0 unspecified atom stereocenters. The van der Waals surface area contributed by atoms with Crippen molar-refractivity contribution in [3.63, 3.8) is 0 Å². The van der Waals surface area contributed by atoms with Crippen LogP contribution in [-0.4, -0.2) is 18.1 Å². The first-order valence-electron chi connectivity index (χ1n) is 4.70. The number of nitrogens with zero attached hydrogens (tertiary/aromatic N) is 1. The monoisotopic (exact) mass is 212 g/mol. The minimum absolute atomic E-state index is 0.0394. The van der Waals surface area contributed by atoms with Gasteiger partial charge >= 0.3 is 0 Å². The van der Waals surface area contributed by atoms with E-state index in [1.807, 2.05) is 13.8 Å². The van der Waals surface area contributed by atoms with Gasteiger partial charge in [-0.1, -0.05) is 12.1 Å². The van der Waals surface area contributed by atoms with E-state index in [2.05, 4.69) is 0 Å². The first-order chi connectivity index (χ1) is 7.13. The summed E-state index contributed by atoms with van der Waals surface area (Å²) in [4.78, 5) is 9.64. The third-order valence-electron chi connectivity index (χ3n) is 1.54. The van der Waals surface area contributed by atoms with Crippen molar-refractivity contribution in [3.8, 4) is 0 Å². The molecule has 0 aliphatic carbocycles. The fourth-order valence-electron chi connectivity index (χ4n) is 0.858. The number of benzene rings is 1. The SMILES string of the molecule is CCOCC.Nc1ccccc1[N+](=O)[O-]. The zero-order chi connectivity index (χ0) is 11.7. The maximum atomic E-state index is 10.1. The number of nitrogens with two attached hydrogens (primary N) is 1. The molecule has 1 rings (SSSR count). The number of nitrogen functional groups attached to an aromatic ring is 1. The first-order valence-corrected chi connectivity index (χ1v) is 4.70. The van der Waals surface area contributed by atoms with Crippen LogP contribution >= 0.6 is 0 Å². The third-order valence-corrected chi connectivity index (χ3v) is 1.54. The lowest BCUT2D eigenvalue weighted by atomic mass is 10.3. The maximum Gasteiger partial charge on any atom is 0.292 e. The Balaban J connectivity index is 0.000000336. The van der Waals surface area contributed by atoms with Crippen LogP contribution in [0.25, 0.3) is 0 Å². The minimum Gasteiger partial charge on any atom is -0.393 e. The van der Waals surface area contributed by atoms with Gasteiger partial charge in [0.1, 0.15) is 5.69 Å². The van der Waals surface area contributed by atoms with Crippen LogP contribution in [-0.2, 0) is 4.74 Å². The summed E-state index contributed by atoms with van der Waals surface area (Å²) in [5, 5.41) is 10.1. The molecule has 0 aliphatic heterocycles. The van der Waals surface area contributed by atoms with Gasteiger partial charge in [-0.25, -0.2) is 0 Å². The Kier molecular flexibility index (Phi) is 6.92. The van der Waals surface area contributed by atoms with Crippen molar-refractivity contribution in [1.29, 1.82) is 0 Å². The smallest absolute Gasteiger partial charge is 0.292 e. The molecule has 84 valence electrons. The summed E-state index contributed by atoms with van der Waals surface area (Å²) in [7, 11) is 0. The Morgan fingerprint density at radius 1 is 1.33 bits per heavy atom. The van der Waals surface area contributed by atoms with Gasteiger partial charge in [0.15, 0.2) is 0 Å². The van der Waals surface area contributed by atoms with Gasteiger partial charge in [0, 0.05) is 19.3 Å². The number of nitro benzene ring substituents is 1. The zero-order valence-electron chi connectivity index (χ0n) is 8.97. The van der Waals surface area contributed by atoms with Gasteiger partial charge in [-0.15, -0.1) is 0 Å². The number of hydrogen-bond acceptors (Lipinski definition) is 4. The predicted molar refractivity (Wildman–Crippen MR) is 59.7 cm³/mol. The van der Waals surface area contributed by atoms with Crippen molar-refractivity contribution >= 4 is 11.4 Å². The van der Waals surface area contributed by atoms with Crippen LogP contribution in [0.5, 0.6) is 0 Å². The second-order valence-corrected chi connectivity index (χ2v) is 2.60. The van der Waals surface area contributed by atoms with Crippen molar-refractivity contribution in [2.45, 2.75) is 13.8 Å². The number of ether oxygens (including phenoxy) is 1. The van der Waals surface area contributed by atoms with E-state index >= 15 is 0 Å². The van der Waals surface area contributed by atoms with Crippen molar-refractivity contribution in [3.05, 3.63) is 34.4 Å². The van der Waals surface area contributed by atoms with Crippen molar-refractivity contribution in [1.82, 2.24) is 0 Å². The molecule has 0 atom stereocenters. The summed E-state index contributed by atoms with van der Waals surface area (Å²) in [5.41, 5.74) is 5.44. The van der Waals surface area contributed by atoms with E-state index in [0.29, 0.717) is 0 Å². The van der Waals surface area contributed by atoms with Gasteiger partial charge in [-0.2, -0.15) is 0 Å². The highest BCUT2D eigenvalue weighted by molar-refractivity contribution is 5.57. The molecule has 1 aromatic rings. The van der Waals surface area contributed by atoms with Crippen molar-refractivity contribution in [2.75, 3.05) is 18.9 Å². The van der Waals surface area contributed by atoms with Crippen molar-refractivity contribution < 1.29 is 9.66 Å². The average molecular weight is 212 g/mol. The molecule has 2 N–H and O–H groups in total. The highest BCUT2D eigenvalue weighted by Crippen LogP contribution is 2.18. The molecular weight excluding hydrogens is 196 g/mol. The first kappa shape index (κ1) is 13.4. The number of anilines is 1. The molecule has 1 aromatic carbocycles. The van der Waals surface area contributed by atoms with E-state index in [-0.39, 0.29) is 11.4 Å². The quantitative estimate of drug-likeness (QED) is 0.473. The lowest BCUT2D eigenvalue weighted by Gasteiger charge is -1.92. The second kappa shape index (κ2) is 7.75. The normalized spacial score (nSPS) is 8.93. The largest absolute Gasteiger partial charge is 0.393 e. The molecule has 0 bridgehead atoms. The Labute approximate surface area is 89.0 Å². The highest BCUT2D eigenvalue weighted by atomic mass is 16.6. The summed E-state index contributed by atoms with van der Waals surface area (Å²) in [6, 6.07) is 6.10. The number of rotatable bonds is 3. The molecule has 0 amide bonds. The van der Waals surface area contributed by atoms with E-state index in [4.69, 9.17) is 10.5 Å². The lowest BCUT2D eigenvalue weighted by molar-refractivity contribution is -0.383. The van der Waals surface area contributed by atoms with Gasteiger partial charge in [0.25, 0.3) is 5.69 Å². The Morgan fingerprint density at radius 3 is 2.13 bits per heavy atom. The topological polar surface area (TPSA) is 78.4 Å². The zero-order valence-corrected chi connectivity index (χ0v) is 8.97. The van der Waals surface area contributed by atoms with Crippen LogP contribution in [0.15, 0.2) is 24.3 Å². The van der Waals surface area contributed by atoms with E-state index in [9.17, 15) is 10.1 Å². The Bertz CT molecular complexity index is 300. The molecule has 0 spiro atoms. The van der Waals surface area contributed by atoms with E-state index in [0.717, 1.165) is 13.2 Å². The molecule has 0 saturated carbocycles. The van der Waals surface area contributed by atoms with Gasteiger partial charge in [0.05, 0.1) is 4.92 Å². The summed E-state index contributed by atoms with van der Waals surface area (Å²) < 4.78 is 4.83. The van der Waals surface area contributed by atoms with E-state index in [1.165, 1.54) is 12.1 Å². The molecule has 0 aromatic heterocycles. The van der Waals surface area contributed by atoms with Crippen molar-refractivity contribution in [2.24, 2.45) is 0 Å². The fourth-order valence-corrected chi connectivity index (χ4v) is 0.858. The second-order valence-electron chi connectivity index (χ2n) is 2.60. The van der Waals surface area contributed by atoms with Crippen LogP contribution in [0.4, 0.5) is 11.4 Å². The Hall–Kier alpha value is -1.62. The van der Waals surface area contributed by atoms with Crippen LogP contribution in [0, 0.1) is 10.1 Å². The minimum atomic E-state index is -0.505. The Morgan fingerprint density at radius 2 is 1.87 bits per heavy atom. The number of nitro groups is 1. The number of hydrogen-bond donors (Lipinski definition) is 1. The summed E-state index contributed by atoms with van der Waals surface area (Å²) in [6.07, 6.45) is 0. The van der Waals surface area contributed by atoms with Gasteiger partial charge < -0.3 is 10.5 Å². The highest BCUT2D eigenvalue weighted by Gasteiger charge is 2.07. The summed E-state index contributed by atoms with van der Waals surface area (Å²) >= 11 is 0. The van der Waals surface area contributed by atoms with Crippen LogP contribution < -0.4 is 5.73 Å². The predicted octanol–water partition coefficient (Wildman–Crippen LogP) is 2.22. The van der Waals surface area contributed by atoms with Crippen LogP contribution in [0.3, 0.4) is 0 Å². The summed E-state index contributed by atoms with van der Waals surface area (Å²) in [5.74, 6) is 0. The number of para-hydroxylation sites is 2. The molecule has 5 heteroatoms. The van der Waals surface area contributed by atoms with Gasteiger partial charge in [-0.05, 0) is 19.9 Å². The molecule has 0 saturated heterocycles. The molecule has 0 radical (unpaired) electrons. The average Bonchev–Trinajstić information content (AvgIpc) is 2.20. The molecule has 0 aliphatic rings. The molecule has 0 fully saturated rings. The van der Waals surface area contributed by atoms with Gasteiger partial charge in [-0.3, -0.25) is 10.1 Å². The molecule has 5 nitrogen and oxygen atoms in total.